The van der Waals surface area contributed by atoms with Crippen molar-refractivity contribution in [1.82, 2.24) is 4.90 Å². The Morgan fingerprint density at radius 1 is 1.48 bits per heavy atom. The maximum absolute atomic E-state index is 10.1. The predicted octanol–water partition coefficient (Wildman–Crippen LogP) is 4.04. The third kappa shape index (κ3) is 2.53. The van der Waals surface area contributed by atoms with Crippen LogP contribution in [0.2, 0.25) is 5.02 Å². The van der Waals surface area contributed by atoms with Gasteiger partial charge in [0.15, 0.2) is 0 Å². The standard InChI is InChI=1S/C17H18ClN3O2/c1-9(2)16-15-13(22)6-7-21(15)17(23-16)20-12-5-4-11(8-19)14(18)10(12)3/h4-5,9,16,22H,6-7H2,1-3H3/t16-/m1/s1. The van der Waals surface area contributed by atoms with Gasteiger partial charge in [-0.2, -0.15) is 10.3 Å². The van der Waals surface area contributed by atoms with Gasteiger partial charge in [-0.25, -0.2) is 0 Å². The van der Waals surface area contributed by atoms with Crippen molar-refractivity contribution in [3.8, 4) is 6.07 Å². The fourth-order valence-corrected chi connectivity index (χ4v) is 3.10. The zero-order valence-corrected chi connectivity index (χ0v) is 14.1. The fourth-order valence-electron chi connectivity index (χ4n) is 2.90. The molecule has 1 saturated heterocycles. The minimum Gasteiger partial charge on any atom is -0.510 e. The van der Waals surface area contributed by atoms with Crippen LogP contribution in [-0.4, -0.2) is 28.7 Å². The van der Waals surface area contributed by atoms with Gasteiger partial charge >= 0.3 is 0 Å². The van der Waals surface area contributed by atoms with Crippen LogP contribution in [0.1, 0.15) is 31.4 Å². The molecule has 3 rings (SSSR count). The summed E-state index contributed by atoms with van der Waals surface area (Å²) in [5.74, 6) is 0.606. The highest BCUT2D eigenvalue weighted by atomic mass is 35.5. The largest absolute Gasteiger partial charge is 0.510 e. The van der Waals surface area contributed by atoms with Gasteiger partial charge in [-0.3, -0.25) is 4.90 Å². The number of hydrogen-bond donors (Lipinski definition) is 1. The van der Waals surface area contributed by atoms with Gasteiger partial charge in [0.05, 0.1) is 16.3 Å². The second kappa shape index (κ2) is 5.78. The Morgan fingerprint density at radius 2 is 2.22 bits per heavy atom. The topological polar surface area (TPSA) is 68.8 Å². The SMILES string of the molecule is Cc1c(N=C2O[C@H](C(C)C)C3=C(O)CCN23)ccc(C#N)c1Cl. The second-order valence-corrected chi connectivity index (χ2v) is 6.47. The van der Waals surface area contributed by atoms with Crippen molar-refractivity contribution in [3.63, 3.8) is 0 Å². The Kier molecular flexibility index (Phi) is 3.95. The van der Waals surface area contributed by atoms with Gasteiger partial charge in [-0.1, -0.05) is 25.4 Å². The number of hydrogen-bond acceptors (Lipinski definition) is 4. The molecule has 0 unspecified atom stereocenters. The Hall–Kier alpha value is -2.19. The summed E-state index contributed by atoms with van der Waals surface area (Å²) in [7, 11) is 0. The first kappa shape index (κ1) is 15.7. The van der Waals surface area contributed by atoms with Crippen molar-refractivity contribution in [2.45, 2.75) is 33.3 Å². The highest BCUT2D eigenvalue weighted by Crippen LogP contribution is 2.37. The number of halogens is 1. The summed E-state index contributed by atoms with van der Waals surface area (Å²) in [6.45, 7) is 6.59. The summed E-state index contributed by atoms with van der Waals surface area (Å²) in [5, 5.41) is 19.6. The predicted molar refractivity (Wildman–Crippen MR) is 88.7 cm³/mol. The minimum atomic E-state index is -0.189. The Balaban J connectivity index is 2.02. The number of aliphatic imine (C=N–C) groups is 1. The Labute approximate surface area is 140 Å². The molecule has 0 bridgehead atoms. The molecular formula is C17H18ClN3O2. The van der Waals surface area contributed by atoms with Crippen LogP contribution in [0.15, 0.2) is 28.6 Å². The molecule has 23 heavy (non-hydrogen) atoms. The third-order valence-corrected chi connectivity index (χ3v) is 4.68. The van der Waals surface area contributed by atoms with Gasteiger partial charge in [-0.15, -0.1) is 0 Å². The van der Waals surface area contributed by atoms with Crippen molar-refractivity contribution >= 4 is 23.3 Å². The van der Waals surface area contributed by atoms with E-state index in [1.165, 1.54) is 0 Å². The molecule has 2 aliphatic rings. The molecule has 0 amide bonds. The molecule has 120 valence electrons. The first-order valence-electron chi connectivity index (χ1n) is 7.58. The van der Waals surface area contributed by atoms with Gasteiger partial charge < -0.3 is 9.84 Å². The van der Waals surface area contributed by atoms with Crippen molar-refractivity contribution in [3.05, 3.63) is 39.7 Å². The summed E-state index contributed by atoms with van der Waals surface area (Å²) < 4.78 is 5.97. The van der Waals surface area contributed by atoms with Crippen LogP contribution in [0.3, 0.4) is 0 Å². The maximum Gasteiger partial charge on any atom is 0.297 e. The van der Waals surface area contributed by atoms with E-state index in [0.29, 0.717) is 41.0 Å². The molecule has 1 aromatic carbocycles. The summed E-state index contributed by atoms with van der Waals surface area (Å²) in [6.07, 6.45) is 0.416. The van der Waals surface area contributed by atoms with Crippen LogP contribution in [0, 0.1) is 24.2 Å². The molecule has 0 saturated carbocycles. The van der Waals surface area contributed by atoms with E-state index < -0.39 is 0 Å². The van der Waals surface area contributed by atoms with Gasteiger partial charge in [0.1, 0.15) is 23.6 Å². The lowest BCUT2D eigenvalue weighted by Gasteiger charge is -2.14. The molecular weight excluding hydrogens is 314 g/mol. The van der Waals surface area contributed by atoms with Crippen molar-refractivity contribution in [2.24, 2.45) is 10.9 Å². The van der Waals surface area contributed by atoms with E-state index in [-0.39, 0.29) is 12.0 Å². The molecule has 0 aromatic heterocycles. The smallest absolute Gasteiger partial charge is 0.297 e. The van der Waals surface area contributed by atoms with E-state index in [1.54, 1.807) is 12.1 Å². The first-order valence-corrected chi connectivity index (χ1v) is 7.96. The van der Waals surface area contributed by atoms with E-state index in [4.69, 9.17) is 21.6 Å². The lowest BCUT2D eigenvalue weighted by Crippen LogP contribution is -2.21. The number of ether oxygens (including phenoxy) is 1. The molecule has 1 N–H and O–H groups in total. The number of fused-ring (bicyclic) bond motifs is 1. The molecule has 0 aliphatic carbocycles. The highest BCUT2D eigenvalue weighted by Gasteiger charge is 2.42. The number of amidine groups is 1. The number of rotatable bonds is 2. The van der Waals surface area contributed by atoms with Crippen molar-refractivity contribution in [1.29, 1.82) is 5.26 Å². The average molecular weight is 332 g/mol. The number of benzene rings is 1. The fraction of sp³-hybridized carbons (Fsp3) is 0.412. The minimum absolute atomic E-state index is 0.189. The normalized spacial score (nSPS) is 21.8. The Morgan fingerprint density at radius 3 is 2.87 bits per heavy atom. The summed E-state index contributed by atoms with van der Waals surface area (Å²) >= 11 is 6.20. The lowest BCUT2D eigenvalue weighted by molar-refractivity contribution is 0.189. The van der Waals surface area contributed by atoms with E-state index in [9.17, 15) is 5.11 Å². The number of aliphatic hydroxyl groups is 1. The van der Waals surface area contributed by atoms with Gasteiger partial charge in [0.25, 0.3) is 6.02 Å². The van der Waals surface area contributed by atoms with E-state index in [1.807, 2.05) is 25.7 Å². The van der Waals surface area contributed by atoms with Crippen molar-refractivity contribution in [2.75, 3.05) is 6.54 Å². The summed E-state index contributed by atoms with van der Waals surface area (Å²) in [4.78, 5) is 6.51. The van der Waals surface area contributed by atoms with E-state index in [0.717, 1.165) is 11.3 Å². The quantitative estimate of drug-likeness (QED) is 0.888. The number of nitrogens with zero attached hydrogens (tertiary/aromatic N) is 3. The highest BCUT2D eigenvalue weighted by molar-refractivity contribution is 6.32. The maximum atomic E-state index is 10.1. The van der Waals surface area contributed by atoms with Gasteiger partial charge in [0, 0.05) is 13.0 Å². The molecule has 0 radical (unpaired) electrons. The van der Waals surface area contributed by atoms with Crippen LogP contribution in [-0.2, 0) is 4.74 Å². The van der Waals surface area contributed by atoms with E-state index >= 15 is 0 Å². The molecule has 1 fully saturated rings. The summed E-state index contributed by atoms with van der Waals surface area (Å²) in [6, 6.07) is 5.95. The monoisotopic (exact) mass is 331 g/mol. The molecule has 0 spiro atoms. The molecule has 1 aromatic rings. The first-order chi connectivity index (χ1) is 10.9. The lowest BCUT2D eigenvalue weighted by atomic mass is 10.0. The van der Waals surface area contributed by atoms with Crippen LogP contribution in [0.4, 0.5) is 5.69 Å². The van der Waals surface area contributed by atoms with Crippen LogP contribution < -0.4 is 0 Å². The van der Waals surface area contributed by atoms with Crippen molar-refractivity contribution < 1.29 is 9.84 Å². The third-order valence-electron chi connectivity index (χ3n) is 4.19. The average Bonchev–Trinajstić information content (AvgIpc) is 3.06. The van der Waals surface area contributed by atoms with Crippen LogP contribution in [0.5, 0.6) is 0 Å². The number of aliphatic hydroxyl groups excluding tert-OH is 1. The molecule has 2 heterocycles. The Bertz CT molecular complexity index is 762. The molecule has 5 nitrogen and oxygen atoms in total. The van der Waals surface area contributed by atoms with Gasteiger partial charge in [0.2, 0.25) is 0 Å². The molecule has 6 heteroatoms. The van der Waals surface area contributed by atoms with Gasteiger partial charge in [-0.05, 0) is 30.5 Å². The molecule has 1 atom stereocenters. The zero-order chi connectivity index (χ0) is 16.7. The zero-order valence-electron chi connectivity index (χ0n) is 13.3. The molecule has 2 aliphatic heterocycles. The number of nitriles is 1. The van der Waals surface area contributed by atoms with Crippen LogP contribution >= 0.6 is 11.6 Å². The van der Waals surface area contributed by atoms with E-state index in [2.05, 4.69) is 11.1 Å². The van der Waals surface area contributed by atoms with Crippen LogP contribution in [0.25, 0.3) is 0 Å². The second-order valence-electron chi connectivity index (χ2n) is 6.09. The summed E-state index contributed by atoms with van der Waals surface area (Å²) in [5.41, 5.74) is 2.65.